The fraction of sp³-hybridized carbons (Fsp3) is 0.368. The molecule has 132 valence electrons. The summed E-state index contributed by atoms with van der Waals surface area (Å²) in [5, 5.41) is 2.53. The Morgan fingerprint density at radius 3 is 2.72 bits per heavy atom. The van der Waals surface area contributed by atoms with Crippen LogP contribution in [0.1, 0.15) is 47.8 Å². The van der Waals surface area contributed by atoms with Crippen LogP contribution in [0.25, 0.3) is 0 Å². The zero-order valence-electron chi connectivity index (χ0n) is 14.4. The molecule has 0 radical (unpaired) electrons. The maximum atomic E-state index is 13.2. The van der Waals surface area contributed by atoms with Crippen molar-refractivity contribution in [2.24, 2.45) is 12.8 Å². The predicted octanol–water partition coefficient (Wildman–Crippen LogP) is 3.27. The van der Waals surface area contributed by atoms with E-state index in [9.17, 15) is 9.59 Å². The molecule has 1 aromatic heterocycles. The first-order valence-corrected chi connectivity index (χ1v) is 8.65. The highest BCUT2D eigenvalue weighted by molar-refractivity contribution is 5.97. The Labute approximate surface area is 147 Å². The maximum Gasteiger partial charge on any atom is 0.316 e. The number of likely N-dealkylation sites (tertiary alicyclic amines) is 1. The van der Waals surface area contributed by atoms with Crippen LogP contribution in [-0.2, 0) is 7.05 Å². The minimum absolute atomic E-state index is 0.0128. The van der Waals surface area contributed by atoms with Crippen LogP contribution in [-0.4, -0.2) is 28.0 Å². The molecule has 0 aliphatic carbocycles. The van der Waals surface area contributed by atoms with Crippen LogP contribution < -0.4 is 11.1 Å². The normalized spacial score (nSPS) is 17.8. The number of carbonyl (C=O) groups is 2. The largest absolute Gasteiger partial charge is 0.353 e. The number of aromatic nitrogens is 1. The Balaban J connectivity index is 1.90. The van der Waals surface area contributed by atoms with Crippen molar-refractivity contribution in [3.05, 3.63) is 53.9 Å². The SMILES string of the molecule is Cn1cccc1[C@@H]1CCCCCN1C(=O)c1cccc(NC(N)=O)c1. The lowest BCUT2D eigenvalue weighted by atomic mass is 10.0. The fourth-order valence-electron chi connectivity index (χ4n) is 3.52. The molecule has 0 unspecified atom stereocenters. The Kier molecular flexibility index (Phi) is 5.07. The van der Waals surface area contributed by atoms with E-state index in [1.807, 2.05) is 24.2 Å². The fourth-order valence-corrected chi connectivity index (χ4v) is 3.52. The second-order valence-corrected chi connectivity index (χ2v) is 6.48. The molecule has 6 heteroatoms. The maximum absolute atomic E-state index is 13.2. The van der Waals surface area contributed by atoms with Gasteiger partial charge in [0.2, 0.25) is 0 Å². The third-order valence-corrected chi connectivity index (χ3v) is 4.72. The lowest BCUT2D eigenvalue weighted by Gasteiger charge is -2.31. The van der Waals surface area contributed by atoms with Crippen LogP contribution in [0.2, 0.25) is 0 Å². The summed E-state index contributed by atoms with van der Waals surface area (Å²) in [6.45, 7) is 0.738. The highest BCUT2D eigenvalue weighted by Gasteiger charge is 2.29. The number of amides is 3. The van der Waals surface area contributed by atoms with Gasteiger partial charge in [-0.15, -0.1) is 0 Å². The standard InChI is InChI=1S/C19H24N4O2/c1-22-11-6-10-16(22)17-9-3-2-4-12-23(17)18(24)14-7-5-8-15(13-14)21-19(20)25/h5-8,10-11,13,17H,2-4,9,12H2,1H3,(H3,20,21,25)/t17-/m0/s1. The van der Waals surface area contributed by atoms with Gasteiger partial charge in [0.25, 0.3) is 5.91 Å². The number of nitrogens with zero attached hydrogens (tertiary/aromatic N) is 2. The number of rotatable bonds is 3. The van der Waals surface area contributed by atoms with Crippen LogP contribution in [0.3, 0.4) is 0 Å². The molecule has 0 saturated carbocycles. The number of anilines is 1. The minimum Gasteiger partial charge on any atom is -0.353 e. The molecular formula is C19H24N4O2. The van der Waals surface area contributed by atoms with Crippen LogP contribution in [0.5, 0.6) is 0 Å². The number of nitrogens with two attached hydrogens (primary N) is 1. The third kappa shape index (κ3) is 3.84. The van der Waals surface area contributed by atoms with Crippen molar-refractivity contribution in [2.75, 3.05) is 11.9 Å². The van der Waals surface area contributed by atoms with Gasteiger partial charge in [0.15, 0.2) is 0 Å². The van der Waals surface area contributed by atoms with Gasteiger partial charge in [-0.1, -0.05) is 18.9 Å². The monoisotopic (exact) mass is 340 g/mol. The Bertz CT molecular complexity index is 768. The number of urea groups is 1. The molecule has 2 heterocycles. The average Bonchev–Trinajstić information content (AvgIpc) is 2.86. The molecule has 0 bridgehead atoms. The second-order valence-electron chi connectivity index (χ2n) is 6.48. The van der Waals surface area contributed by atoms with Crippen LogP contribution in [0.4, 0.5) is 10.5 Å². The summed E-state index contributed by atoms with van der Waals surface area (Å²) in [6.07, 6.45) is 6.23. The quantitative estimate of drug-likeness (QED) is 0.899. The highest BCUT2D eigenvalue weighted by Crippen LogP contribution is 2.31. The number of hydrogen-bond donors (Lipinski definition) is 2. The Morgan fingerprint density at radius 1 is 1.16 bits per heavy atom. The van der Waals surface area contributed by atoms with Crippen LogP contribution in [0.15, 0.2) is 42.6 Å². The summed E-state index contributed by atoms with van der Waals surface area (Å²) in [6, 6.07) is 10.5. The van der Waals surface area contributed by atoms with Gasteiger partial charge in [0, 0.05) is 36.7 Å². The molecule has 1 aliphatic heterocycles. The van der Waals surface area contributed by atoms with E-state index in [-0.39, 0.29) is 11.9 Å². The molecule has 2 aromatic rings. The molecule has 1 aromatic carbocycles. The summed E-state index contributed by atoms with van der Waals surface area (Å²) in [5.41, 5.74) is 7.42. The van der Waals surface area contributed by atoms with Gasteiger partial charge in [-0.05, 0) is 43.2 Å². The predicted molar refractivity (Wildman–Crippen MR) is 97.3 cm³/mol. The van der Waals surface area contributed by atoms with Crippen LogP contribution >= 0.6 is 0 Å². The first kappa shape index (κ1) is 17.1. The van der Waals surface area contributed by atoms with Crippen molar-refractivity contribution in [1.29, 1.82) is 0 Å². The van der Waals surface area contributed by atoms with Crippen molar-refractivity contribution in [2.45, 2.75) is 31.7 Å². The summed E-state index contributed by atoms with van der Waals surface area (Å²) < 4.78 is 2.08. The van der Waals surface area contributed by atoms with E-state index in [2.05, 4.69) is 16.0 Å². The van der Waals surface area contributed by atoms with E-state index >= 15 is 0 Å². The lowest BCUT2D eigenvalue weighted by molar-refractivity contribution is 0.0674. The number of nitrogens with one attached hydrogen (secondary N) is 1. The van der Waals surface area contributed by atoms with Gasteiger partial charge >= 0.3 is 6.03 Å². The Hall–Kier alpha value is -2.76. The smallest absolute Gasteiger partial charge is 0.316 e. The molecule has 3 N–H and O–H groups in total. The van der Waals surface area contributed by atoms with Gasteiger partial charge in [0.1, 0.15) is 0 Å². The zero-order valence-corrected chi connectivity index (χ0v) is 14.4. The van der Waals surface area contributed by atoms with Crippen LogP contribution in [0, 0.1) is 0 Å². The van der Waals surface area contributed by atoms with E-state index in [1.54, 1.807) is 24.3 Å². The topological polar surface area (TPSA) is 80.4 Å². The average molecular weight is 340 g/mol. The van der Waals surface area contributed by atoms with E-state index in [4.69, 9.17) is 5.73 Å². The van der Waals surface area contributed by atoms with Gasteiger partial charge in [-0.3, -0.25) is 4.79 Å². The van der Waals surface area contributed by atoms with Gasteiger partial charge in [-0.2, -0.15) is 0 Å². The number of benzene rings is 1. The summed E-state index contributed by atoms with van der Waals surface area (Å²) in [7, 11) is 2.01. The van der Waals surface area contributed by atoms with Crippen molar-refractivity contribution in [3.8, 4) is 0 Å². The number of carbonyl (C=O) groups excluding carboxylic acids is 2. The van der Waals surface area contributed by atoms with Gasteiger partial charge in [-0.25, -0.2) is 4.79 Å². The number of aryl methyl sites for hydroxylation is 1. The Morgan fingerprint density at radius 2 is 2.00 bits per heavy atom. The summed E-state index contributed by atoms with van der Waals surface area (Å²) in [4.78, 5) is 26.2. The molecule has 3 rings (SSSR count). The molecule has 1 saturated heterocycles. The van der Waals surface area contributed by atoms with E-state index in [0.717, 1.165) is 37.9 Å². The lowest BCUT2D eigenvalue weighted by Crippen LogP contribution is -2.35. The molecular weight excluding hydrogens is 316 g/mol. The van der Waals surface area contributed by atoms with Crippen molar-refractivity contribution in [3.63, 3.8) is 0 Å². The van der Waals surface area contributed by atoms with E-state index in [1.165, 1.54) is 0 Å². The number of primary amides is 1. The molecule has 3 amide bonds. The van der Waals surface area contributed by atoms with Gasteiger partial charge in [0.05, 0.1) is 6.04 Å². The highest BCUT2D eigenvalue weighted by atomic mass is 16.2. The molecule has 1 fully saturated rings. The summed E-state index contributed by atoms with van der Waals surface area (Å²) >= 11 is 0. The van der Waals surface area contributed by atoms with E-state index in [0.29, 0.717) is 11.3 Å². The zero-order chi connectivity index (χ0) is 17.8. The first-order chi connectivity index (χ1) is 12.1. The molecule has 1 aliphatic rings. The second kappa shape index (κ2) is 7.42. The molecule has 0 spiro atoms. The van der Waals surface area contributed by atoms with Crippen molar-refractivity contribution in [1.82, 2.24) is 9.47 Å². The molecule has 25 heavy (non-hydrogen) atoms. The molecule has 6 nitrogen and oxygen atoms in total. The minimum atomic E-state index is -0.638. The first-order valence-electron chi connectivity index (χ1n) is 8.65. The summed E-state index contributed by atoms with van der Waals surface area (Å²) in [5.74, 6) is -0.0128. The van der Waals surface area contributed by atoms with E-state index < -0.39 is 6.03 Å². The molecule has 1 atom stereocenters. The number of hydrogen-bond acceptors (Lipinski definition) is 2. The van der Waals surface area contributed by atoms with Gasteiger partial charge < -0.3 is 20.5 Å². The van der Waals surface area contributed by atoms with Crippen molar-refractivity contribution < 1.29 is 9.59 Å². The van der Waals surface area contributed by atoms with Crippen molar-refractivity contribution >= 4 is 17.6 Å². The third-order valence-electron chi connectivity index (χ3n) is 4.72.